The number of hydrogen-bond donors (Lipinski definition) is 0. The molecule has 0 saturated heterocycles. The van der Waals surface area contributed by atoms with Crippen LogP contribution < -0.4 is 4.74 Å². The van der Waals surface area contributed by atoms with Crippen molar-refractivity contribution in [1.82, 2.24) is 9.97 Å². The van der Waals surface area contributed by atoms with E-state index in [2.05, 4.69) is 25.9 Å². The normalized spacial score (nSPS) is 10.3. The van der Waals surface area contributed by atoms with Gasteiger partial charge in [0.2, 0.25) is 5.88 Å². The lowest BCUT2D eigenvalue weighted by Gasteiger charge is -2.08. The highest BCUT2D eigenvalue weighted by Gasteiger charge is 2.15. The molecule has 1 heterocycles. The number of nitrogens with zero attached hydrogens (tertiary/aromatic N) is 3. The third kappa shape index (κ3) is 3.05. The summed E-state index contributed by atoms with van der Waals surface area (Å²) in [6.45, 7) is 3.37. The zero-order valence-corrected chi connectivity index (χ0v) is 11.8. The van der Waals surface area contributed by atoms with E-state index in [0.717, 1.165) is 0 Å². The quantitative estimate of drug-likeness (QED) is 0.490. The van der Waals surface area contributed by atoms with Crippen LogP contribution in [0, 0.1) is 24.0 Å². The molecule has 1 aromatic carbocycles. The van der Waals surface area contributed by atoms with E-state index in [1.165, 1.54) is 6.07 Å². The summed E-state index contributed by atoms with van der Waals surface area (Å²) in [5.41, 5.74) is 0.474. The lowest BCUT2D eigenvalue weighted by atomic mass is 10.2. The molecule has 0 spiro atoms. The van der Waals surface area contributed by atoms with Crippen LogP contribution in [-0.4, -0.2) is 14.9 Å². The molecule has 0 fully saturated rings. The van der Waals surface area contributed by atoms with Crippen LogP contribution in [0.1, 0.15) is 11.4 Å². The molecular weight excluding hydrogens is 314 g/mol. The van der Waals surface area contributed by atoms with Gasteiger partial charge in [0.1, 0.15) is 16.2 Å². The molecule has 0 aliphatic heterocycles. The van der Waals surface area contributed by atoms with Gasteiger partial charge in [-0.3, -0.25) is 10.1 Å². The molecule has 1 aromatic heterocycles. The zero-order valence-electron chi connectivity index (χ0n) is 10.3. The van der Waals surface area contributed by atoms with Crippen molar-refractivity contribution in [3.05, 3.63) is 50.4 Å². The fraction of sp³-hybridized carbons (Fsp3) is 0.167. The highest BCUT2D eigenvalue weighted by molar-refractivity contribution is 9.10. The number of aromatic nitrogens is 2. The molecule has 6 nitrogen and oxygen atoms in total. The molecular formula is C12H10BrN3O3. The van der Waals surface area contributed by atoms with E-state index in [1.54, 1.807) is 32.0 Å². The van der Waals surface area contributed by atoms with Crippen molar-refractivity contribution in [2.75, 3.05) is 0 Å². The molecule has 0 saturated carbocycles. The molecule has 0 amide bonds. The monoisotopic (exact) mass is 323 g/mol. The average molecular weight is 324 g/mol. The van der Waals surface area contributed by atoms with Crippen LogP contribution in [0.3, 0.4) is 0 Å². The smallest absolute Gasteiger partial charge is 0.276 e. The second kappa shape index (κ2) is 5.31. The van der Waals surface area contributed by atoms with Gasteiger partial charge in [-0.05, 0) is 35.8 Å². The molecule has 0 radical (unpaired) electrons. The Balaban J connectivity index is 2.38. The molecule has 0 unspecified atom stereocenters. The Morgan fingerprint density at radius 2 is 2.05 bits per heavy atom. The molecule has 7 heteroatoms. The molecule has 98 valence electrons. The molecule has 0 bridgehead atoms. The third-order valence-electron chi connectivity index (χ3n) is 2.45. The molecule has 2 aromatic rings. The van der Waals surface area contributed by atoms with Crippen LogP contribution in [0.4, 0.5) is 5.69 Å². The Bertz CT molecular complexity index is 626. The first-order chi connectivity index (χ1) is 8.97. The summed E-state index contributed by atoms with van der Waals surface area (Å²) in [5.74, 6) is 1.29. The van der Waals surface area contributed by atoms with Gasteiger partial charge in [-0.2, -0.15) is 4.98 Å². The van der Waals surface area contributed by atoms with Crippen molar-refractivity contribution in [2.24, 2.45) is 0 Å². The van der Waals surface area contributed by atoms with Crippen LogP contribution >= 0.6 is 15.9 Å². The Hall–Kier alpha value is -2.02. The summed E-state index contributed by atoms with van der Waals surface area (Å²) in [6, 6.07) is 6.27. The number of rotatable bonds is 3. The average Bonchev–Trinajstić information content (AvgIpc) is 2.30. The van der Waals surface area contributed by atoms with Crippen molar-refractivity contribution in [2.45, 2.75) is 13.8 Å². The van der Waals surface area contributed by atoms with Crippen molar-refractivity contribution < 1.29 is 9.66 Å². The zero-order chi connectivity index (χ0) is 14.0. The SMILES string of the molecule is Cc1nc(Br)cc(Oc2cccc([N+](=O)[O-])c2C)n1. The van der Waals surface area contributed by atoms with Crippen LogP contribution in [0.25, 0.3) is 0 Å². The number of ether oxygens (including phenoxy) is 1. The van der Waals surface area contributed by atoms with E-state index < -0.39 is 4.92 Å². The number of nitro benzene ring substituents is 1. The second-order valence-corrected chi connectivity index (χ2v) is 4.65. The maximum Gasteiger partial charge on any atom is 0.276 e. The minimum absolute atomic E-state index is 0.0161. The summed E-state index contributed by atoms with van der Waals surface area (Å²) in [4.78, 5) is 18.6. The number of aryl methyl sites for hydroxylation is 1. The molecule has 19 heavy (non-hydrogen) atoms. The van der Waals surface area contributed by atoms with Gasteiger partial charge in [-0.1, -0.05) is 6.07 Å². The Morgan fingerprint density at radius 1 is 1.32 bits per heavy atom. The standard InChI is InChI=1S/C12H10BrN3O3/c1-7-9(16(17)18)4-3-5-10(7)19-12-6-11(13)14-8(2)15-12/h3-6H,1-2H3. The molecule has 0 N–H and O–H groups in total. The molecule has 0 atom stereocenters. The first kappa shape index (κ1) is 13.4. The maximum absolute atomic E-state index is 10.9. The van der Waals surface area contributed by atoms with Crippen LogP contribution in [0.5, 0.6) is 11.6 Å². The number of hydrogen-bond acceptors (Lipinski definition) is 5. The van der Waals surface area contributed by atoms with Crippen molar-refractivity contribution in [3.63, 3.8) is 0 Å². The van der Waals surface area contributed by atoms with E-state index in [1.807, 2.05) is 0 Å². The number of nitro groups is 1. The van der Waals surface area contributed by atoms with E-state index >= 15 is 0 Å². The van der Waals surface area contributed by atoms with Crippen LogP contribution in [-0.2, 0) is 0 Å². The van der Waals surface area contributed by atoms with Gasteiger partial charge < -0.3 is 4.74 Å². The Kier molecular flexibility index (Phi) is 3.75. The number of benzene rings is 1. The molecule has 0 aliphatic rings. The van der Waals surface area contributed by atoms with Gasteiger partial charge in [0.25, 0.3) is 5.69 Å². The first-order valence-corrected chi connectivity index (χ1v) is 6.19. The lowest BCUT2D eigenvalue weighted by Crippen LogP contribution is -1.97. The highest BCUT2D eigenvalue weighted by atomic mass is 79.9. The second-order valence-electron chi connectivity index (χ2n) is 3.84. The predicted molar refractivity (Wildman–Crippen MR) is 72.4 cm³/mol. The van der Waals surface area contributed by atoms with Gasteiger partial charge in [-0.15, -0.1) is 0 Å². The molecule has 0 aliphatic carbocycles. The van der Waals surface area contributed by atoms with Crippen molar-refractivity contribution >= 4 is 21.6 Å². The van der Waals surface area contributed by atoms with E-state index in [4.69, 9.17) is 4.74 Å². The Labute approximate surface area is 117 Å². The minimum atomic E-state index is -0.441. The summed E-state index contributed by atoms with van der Waals surface area (Å²) < 4.78 is 6.17. The first-order valence-electron chi connectivity index (χ1n) is 5.40. The van der Waals surface area contributed by atoms with Gasteiger partial charge in [0, 0.05) is 12.1 Å². The summed E-state index contributed by atoms with van der Waals surface area (Å²) in [5, 5.41) is 10.9. The fourth-order valence-corrected chi connectivity index (χ4v) is 2.03. The summed E-state index contributed by atoms with van der Waals surface area (Å²) in [6.07, 6.45) is 0. The van der Waals surface area contributed by atoms with Crippen molar-refractivity contribution in [1.29, 1.82) is 0 Å². The van der Waals surface area contributed by atoms with Crippen LogP contribution in [0.15, 0.2) is 28.9 Å². The van der Waals surface area contributed by atoms with E-state index in [9.17, 15) is 10.1 Å². The highest BCUT2D eigenvalue weighted by Crippen LogP contribution is 2.30. The van der Waals surface area contributed by atoms with Gasteiger partial charge in [-0.25, -0.2) is 4.98 Å². The Morgan fingerprint density at radius 3 is 2.68 bits per heavy atom. The van der Waals surface area contributed by atoms with Gasteiger partial charge >= 0.3 is 0 Å². The summed E-state index contributed by atoms with van der Waals surface area (Å²) in [7, 11) is 0. The largest absolute Gasteiger partial charge is 0.438 e. The number of halogens is 1. The minimum Gasteiger partial charge on any atom is -0.438 e. The lowest BCUT2D eigenvalue weighted by molar-refractivity contribution is -0.385. The van der Waals surface area contributed by atoms with E-state index in [0.29, 0.717) is 27.6 Å². The van der Waals surface area contributed by atoms with Crippen molar-refractivity contribution in [3.8, 4) is 11.6 Å². The van der Waals surface area contributed by atoms with Crippen LogP contribution in [0.2, 0.25) is 0 Å². The van der Waals surface area contributed by atoms with E-state index in [-0.39, 0.29) is 5.69 Å². The van der Waals surface area contributed by atoms with Gasteiger partial charge in [0.15, 0.2) is 0 Å². The predicted octanol–water partition coefficient (Wildman–Crippen LogP) is 3.56. The third-order valence-corrected chi connectivity index (χ3v) is 2.86. The summed E-state index contributed by atoms with van der Waals surface area (Å²) >= 11 is 3.24. The topological polar surface area (TPSA) is 78.2 Å². The maximum atomic E-state index is 10.9. The fourth-order valence-electron chi connectivity index (χ4n) is 1.58. The van der Waals surface area contributed by atoms with Gasteiger partial charge in [0.05, 0.1) is 10.5 Å². The molecule has 2 rings (SSSR count).